The predicted molar refractivity (Wildman–Crippen MR) is 92.1 cm³/mol. The van der Waals surface area contributed by atoms with Gasteiger partial charge in [-0.1, -0.05) is 11.6 Å². The number of carbonyl (C=O) groups is 2. The van der Waals surface area contributed by atoms with E-state index in [1.165, 1.54) is 38.5 Å². The number of hydrazine groups is 1. The molecular weight excluding hydrogens is 364 g/mol. The van der Waals surface area contributed by atoms with Crippen molar-refractivity contribution >= 4 is 23.4 Å². The molecule has 0 fully saturated rings. The van der Waals surface area contributed by atoms with E-state index in [-0.39, 0.29) is 22.9 Å². The first-order valence-electron chi connectivity index (χ1n) is 7.44. The van der Waals surface area contributed by atoms with Crippen LogP contribution < -0.4 is 29.8 Å². The highest BCUT2D eigenvalue weighted by Gasteiger charge is 2.21. The van der Waals surface area contributed by atoms with Gasteiger partial charge in [0.1, 0.15) is 11.5 Å². The van der Waals surface area contributed by atoms with Crippen LogP contribution in [0.25, 0.3) is 0 Å². The Labute approximate surface area is 153 Å². The van der Waals surface area contributed by atoms with E-state index < -0.39 is 11.8 Å². The fraction of sp³-hybridized carbons (Fsp3) is 0.176. The van der Waals surface area contributed by atoms with E-state index in [0.717, 1.165) is 0 Å². The molecule has 1 aliphatic heterocycles. The molecule has 3 rings (SSSR count). The van der Waals surface area contributed by atoms with Gasteiger partial charge >= 0.3 is 0 Å². The highest BCUT2D eigenvalue weighted by Crippen LogP contribution is 2.39. The summed E-state index contributed by atoms with van der Waals surface area (Å²) in [6.07, 6.45) is 0. The molecule has 0 saturated carbocycles. The fourth-order valence-corrected chi connectivity index (χ4v) is 2.56. The summed E-state index contributed by atoms with van der Waals surface area (Å²) in [4.78, 5) is 24.5. The summed E-state index contributed by atoms with van der Waals surface area (Å²) in [5, 5.41) is 0.244. The Morgan fingerprint density at radius 2 is 1.50 bits per heavy atom. The number of nitrogens with one attached hydrogen (secondary N) is 2. The lowest BCUT2D eigenvalue weighted by Gasteiger charge is -2.10. The summed E-state index contributed by atoms with van der Waals surface area (Å²) in [5.74, 6) is 0.546. The minimum absolute atomic E-state index is 0.0362. The molecule has 0 aromatic heterocycles. The van der Waals surface area contributed by atoms with Crippen LogP contribution >= 0.6 is 11.6 Å². The minimum atomic E-state index is -0.562. The van der Waals surface area contributed by atoms with Crippen LogP contribution in [0.5, 0.6) is 23.0 Å². The fourth-order valence-electron chi connectivity index (χ4n) is 2.29. The van der Waals surface area contributed by atoms with Crippen molar-refractivity contribution in [2.45, 2.75) is 0 Å². The molecule has 1 heterocycles. The average Bonchev–Trinajstić information content (AvgIpc) is 3.14. The molecule has 0 aliphatic carbocycles. The maximum absolute atomic E-state index is 12.3. The van der Waals surface area contributed by atoms with E-state index >= 15 is 0 Å². The number of hydrogen-bond acceptors (Lipinski definition) is 6. The summed E-state index contributed by atoms with van der Waals surface area (Å²) in [6.45, 7) is 0.0362. The number of amides is 2. The van der Waals surface area contributed by atoms with Crippen molar-refractivity contribution < 1.29 is 28.5 Å². The molecule has 26 heavy (non-hydrogen) atoms. The van der Waals surface area contributed by atoms with Crippen molar-refractivity contribution in [1.82, 2.24) is 10.9 Å². The zero-order valence-electron chi connectivity index (χ0n) is 13.9. The molecule has 0 atom stereocenters. The lowest BCUT2D eigenvalue weighted by molar-refractivity contribution is 0.0846. The molecular formula is C17H15ClN2O6. The summed E-state index contributed by atoms with van der Waals surface area (Å²) in [5.41, 5.74) is 5.10. The molecule has 1 aliphatic rings. The van der Waals surface area contributed by atoms with Crippen molar-refractivity contribution in [2.24, 2.45) is 0 Å². The number of methoxy groups -OCH3 is 2. The molecule has 0 saturated heterocycles. The second-order valence-corrected chi connectivity index (χ2v) is 5.61. The lowest BCUT2D eigenvalue weighted by Crippen LogP contribution is -2.41. The number of benzene rings is 2. The highest BCUT2D eigenvalue weighted by molar-refractivity contribution is 6.32. The molecule has 2 aromatic rings. The van der Waals surface area contributed by atoms with Crippen LogP contribution in [0.3, 0.4) is 0 Å². The van der Waals surface area contributed by atoms with E-state index in [9.17, 15) is 9.59 Å². The second-order valence-electron chi connectivity index (χ2n) is 5.20. The first-order valence-corrected chi connectivity index (χ1v) is 7.82. The van der Waals surface area contributed by atoms with Crippen LogP contribution in [0.4, 0.5) is 0 Å². The monoisotopic (exact) mass is 378 g/mol. The van der Waals surface area contributed by atoms with Gasteiger partial charge in [0.2, 0.25) is 6.79 Å². The Bertz CT molecular complexity index is 848. The Morgan fingerprint density at radius 3 is 2.08 bits per heavy atom. The van der Waals surface area contributed by atoms with Crippen LogP contribution in [0.15, 0.2) is 30.3 Å². The third-order valence-corrected chi connectivity index (χ3v) is 3.87. The average molecular weight is 379 g/mol. The largest absolute Gasteiger partial charge is 0.497 e. The zero-order valence-corrected chi connectivity index (χ0v) is 14.7. The van der Waals surface area contributed by atoms with Crippen LogP contribution in [0, 0.1) is 0 Å². The molecule has 2 aromatic carbocycles. The standard InChI is InChI=1S/C17H15ClN2O6/c1-23-11-3-9(4-12(7-11)24-2)16(21)19-20-17(22)10-5-13(18)15-14(6-10)25-8-26-15/h3-7H,8H2,1-2H3,(H,19,21)(H,20,22). The second kappa shape index (κ2) is 7.40. The molecule has 0 bridgehead atoms. The number of halogens is 1. The van der Waals surface area contributed by atoms with Crippen molar-refractivity contribution in [3.63, 3.8) is 0 Å². The predicted octanol–water partition coefficient (Wildman–Crippen LogP) is 2.16. The summed E-state index contributed by atoms with van der Waals surface area (Å²) in [6, 6.07) is 7.56. The van der Waals surface area contributed by atoms with E-state index in [1.54, 1.807) is 6.07 Å². The normalized spacial score (nSPS) is 11.7. The van der Waals surface area contributed by atoms with Gasteiger partial charge in [-0.05, 0) is 24.3 Å². The van der Waals surface area contributed by atoms with Gasteiger partial charge in [-0.15, -0.1) is 0 Å². The molecule has 9 heteroatoms. The van der Waals surface area contributed by atoms with Gasteiger partial charge in [0, 0.05) is 17.2 Å². The zero-order chi connectivity index (χ0) is 18.7. The number of ether oxygens (including phenoxy) is 4. The summed E-state index contributed by atoms with van der Waals surface area (Å²) >= 11 is 6.04. The van der Waals surface area contributed by atoms with Crippen molar-refractivity contribution in [2.75, 3.05) is 21.0 Å². The minimum Gasteiger partial charge on any atom is -0.497 e. The van der Waals surface area contributed by atoms with Gasteiger partial charge in [-0.2, -0.15) is 0 Å². The Balaban J connectivity index is 1.70. The number of fused-ring (bicyclic) bond motifs is 1. The van der Waals surface area contributed by atoms with Gasteiger partial charge in [0.15, 0.2) is 11.5 Å². The molecule has 0 spiro atoms. The quantitative estimate of drug-likeness (QED) is 0.792. The van der Waals surface area contributed by atoms with Gasteiger partial charge in [-0.25, -0.2) is 0 Å². The third kappa shape index (κ3) is 3.60. The van der Waals surface area contributed by atoms with Crippen LogP contribution in [-0.2, 0) is 0 Å². The number of carbonyl (C=O) groups excluding carboxylic acids is 2. The molecule has 2 N–H and O–H groups in total. The Hall–Kier alpha value is -3.13. The van der Waals surface area contributed by atoms with Crippen LogP contribution in [-0.4, -0.2) is 32.8 Å². The Kier molecular flexibility index (Phi) is 5.04. The maximum atomic E-state index is 12.3. The van der Waals surface area contributed by atoms with Crippen molar-refractivity contribution in [3.05, 3.63) is 46.5 Å². The van der Waals surface area contributed by atoms with Crippen molar-refractivity contribution in [1.29, 1.82) is 0 Å². The number of rotatable bonds is 4. The van der Waals surface area contributed by atoms with Crippen molar-refractivity contribution in [3.8, 4) is 23.0 Å². The molecule has 0 unspecified atom stereocenters. The Morgan fingerprint density at radius 1 is 0.923 bits per heavy atom. The summed E-state index contributed by atoms with van der Waals surface area (Å²) < 4.78 is 20.6. The molecule has 136 valence electrons. The smallest absolute Gasteiger partial charge is 0.269 e. The highest BCUT2D eigenvalue weighted by atomic mass is 35.5. The van der Waals surface area contributed by atoms with Gasteiger partial charge in [0.05, 0.1) is 19.2 Å². The van der Waals surface area contributed by atoms with E-state index in [1.807, 2.05) is 0 Å². The topological polar surface area (TPSA) is 95.1 Å². The third-order valence-electron chi connectivity index (χ3n) is 3.59. The van der Waals surface area contributed by atoms with Gasteiger partial charge < -0.3 is 18.9 Å². The number of hydrogen-bond donors (Lipinski definition) is 2. The molecule has 0 radical (unpaired) electrons. The van der Waals surface area contributed by atoms with Gasteiger partial charge in [0.25, 0.3) is 11.8 Å². The van der Waals surface area contributed by atoms with Gasteiger partial charge in [-0.3, -0.25) is 20.4 Å². The van der Waals surface area contributed by atoms with E-state index in [2.05, 4.69) is 10.9 Å². The van der Waals surface area contributed by atoms with Crippen LogP contribution in [0.1, 0.15) is 20.7 Å². The molecule has 8 nitrogen and oxygen atoms in total. The first-order chi connectivity index (χ1) is 12.5. The lowest BCUT2D eigenvalue weighted by atomic mass is 10.2. The SMILES string of the molecule is COc1cc(OC)cc(C(=O)NNC(=O)c2cc(Cl)c3c(c2)OCO3)c1. The first kappa shape index (κ1) is 17.7. The van der Waals surface area contributed by atoms with E-state index in [4.69, 9.17) is 30.5 Å². The van der Waals surface area contributed by atoms with Crippen LogP contribution in [0.2, 0.25) is 5.02 Å². The maximum Gasteiger partial charge on any atom is 0.269 e. The van der Waals surface area contributed by atoms with E-state index in [0.29, 0.717) is 23.0 Å². The molecule has 2 amide bonds. The summed E-state index contributed by atoms with van der Waals surface area (Å²) in [7, 11) is 2.95.